The van der Waals surface area contributed by atoms with Gasteiger partial charge in [-0.2, -0.15) is 0 Å². The quantitative estimate of drug-likeness (QED) is 0.181. The highest BCUT2D eigenvalue weighted by atomic mass is 16.5. The molecule has 0 saturated heterocycles. The maximum Gasteiger partial charge on any atom is 0.343 e. The number of aliphatic hydroxyl groups is 1. The van der Waals surface area contributed by atoms with Gasteiger partial charge < -0.3 is 45.2 Å². The summed E-state index contributed by atoms with van der Waals surface area (Å²) in [5.74, 6) is -4.25. The van der Waals surface area contributed by atoms with E-state index < -0.39 is 41.2 Å². The fraction of sp³-hybridized carbons (Fsp3) is 0.136. The number of phenolic OH excluding ortho intramolecular Hbond substituents is 6. The van der Waals surface area contributed by atoms with E-state index in [-0.39, 0.29) is 40.5 Å². The van der Waals surface area contributed by atoms with Crippen LogP contribution in [0, 0.1) is 0 Å². The molecule has 166 valence electrons. The zero-order valence-corrected chi connectivity index (χ0v) is 16.3. The van der Waals surface area contributed by atoms with Crippen molar-refractivity contribution in [2.75, 3.05) is 0 Å². The van der Waals surface area contributed by atoms with Crippen LogP contribution >= 0.6 is 0 Å². The molecule has 3 aromatic rings. The molecule has 32 heavy (non-hydrogen) atoms. The van der Waals surface area contributed by atoms with Gasteiger partial charge in [0.1, 0.15) is 23.4 Å². The Balaban J connectivity index is 1.62. The van der Waals surface area contributed by atoms with Crippen molar-refractivity contribution in [3.63, 3.8) is 0 Å². The average Bonchev–Trinajstić information content (AvgIpc) is 2.74. The molecule has 2 atom stereocenters. The Bertz CT molecular complexity index is 1200. The van der Waals surface area contributed by atoms with Crippen molar-refractivity contribution < 1.29 is 50.0 Å². The van der Waals surface area contributed by atoms with Gasteiger partial charge in [-0.25, -0.2) is 4.79 Å². The lowest BCUT2D eigenvalue weighted by molar-refractivity contribution is 0.0196. The van der Waals surface area contributed by atoms with Gasteiger partial charge in [-0.3, -0.25) is 0 Å². The summed E-state index contributed by atoms with van der Waals surface area (Å²) in [5, 5.41) is 68.5. The molecule has 1 aliphatic rings. The summed E-state index contributed by atoms with van der Waals surface area (Å²) >= 11 is 0. The Labute approximate surface area is 180 Å². The number of ether oxygens (including phenoxy) is 2. The van der Waals surface area contributed by atoms with Gasteiger partial charge in [-0.1, -0.05) is 6.07 Å². The Morgan fingerprint density at radius 2 is 1.53 bits per heavy atom. The molecule has 0 saturated carbocycles. The summed E-state index contributed by atoms with van der Waals surface area (Å²) in [5.41, 5.74) is 0.385. The number of rotatable bonds is 3. The number of hydrogen-bond acceptors (Lipinski definition) is 10. The second-order valence-electron chi connectivity index (χ2n) is 7.23. The van der Waals surface area contributed by atoms with Gasteiger partial charge in [0.25, 0.3) is 0 Å². The van der Waals surface area contributed by atoms with Gasteiger partial charge >= 0.3 is 5.97 Å². The molecular weight excluding hydrogens is 424 g/mol. The van der Waals surface area contributed by atoms with Crippen molar-refractivity contribution in [2.45, 2.75) is 18.6 Å². The van der Waals surface area contributed by atoms with Gasteiger partial charge in [0, 0.05) is 24.1 Å². The lowest BCUT2D eigenvalue weighted by Crippen LogP contribution is -2.30. The largest absolute Gasteiger partial charge is 0.507 e. The van der Waals surface area contributed by atoms with Crippen molar-refractivity contribution in [1.29, 1.82) is 0 Å². The SMILES string of the molecule is O=C(Oc1cc(O)c2c(c1)O[C@H](c1ccc(O)c(O)c1)[C@H](O)C2)c1cc(O)c(O)c(O)c1. The normalized spacial score (nSPS) is 17.3. The molecule has 10 nitrogen and oxygen atoms in total. The van der Waals surface area contributed by atoms with Gasteiger partial charge in [0.05, 0.1) is 11.7 Å². The van der Waals surface area contributed by atoms with Crippen molar-refractivity contribution in [2.24, 2.45) is 0 Å². The number of aliphatic hydroxyl groups excluding tert-OH is 1. The maximum atomic E-state index is 12.4. The molecule has 0 spiro atoms. The summed E-state index contributed by atoms with van der Waals surface area (Å²) in [4.78, 5) is 12.4. The summed E-state index contributed by atoms with van der Waals surface area (Å²) in [6.45, 7) is 0. The molecule has 0 bridgehead atoms. The van der Waals surface area contributed by atoms with Crippen molar-refractivity contribution in [3.05, 3.63) is 59.2 Å². The molecule has 4 rings (SSSR count). The monoisotopic (exact) mass is 442 g/mol. The van der Waals surface area contributed by atoms with E-state index in [2.05, 4.69) is 0 Å². The first-order valence-electron chi connectivity index (χ1n) is 9.33. The lowest BCUT2D eigenvalue weighted by atomic mass is 9.94. The number of phenols is 6. The molecule has 0 unspecified atom stereocenters. The van der Waals surface area contributed by atoms with E-state index in [0.29, 0.717) is 5.56 Å². The molecule has 1 aliphatic heterocycles. The molecule has 0 fully saturated rings. The first-order chi connectivity index (χ1) is 15.1. The van der Waals surface area contributed by atoms with E-state index in [9.17, 15) is 40.5 Å². The minimum atomic E-state index is -1.08. The third kappa shape index (κ3) is 3.74. The number of carbonyl (C=O) groups is 1. The van der Waals surface area contributed by atoms with Gasteiger partial charge in [-0.15, -0.1) is 0 Å². The molecule has 0 aromatic heterocycles. The zero-order valence-electron chi connectivity index (χ0n) is 16.3. The van der Waals surface area contributed by atoms with E-state index in [4.69, 9.17) is 9.47 Å². The number of esters is 1. The Morgan fingerprint density at radius 1 is 0.844 bits per heavy atom. The lowest BCUT2D eigenvalue weighted by Gasteiger charge is -2.31. The van der Waals surface area contributed by atoms with Crippen molar-refractivity contribution in [1.82, 2.24) is 0 Å². The molecule has 10 heteroatoms. The predicted molar refractivity (Wildman–Crippen MR) is 107 cm³/mol. The standard InChI is InChI=1S/C22H18O10/c23-13-2-1-9(3-15(13)25)21-18(28)8-12-14(24)6-11(7-19(12)32-21)31-22(30)10-4-16(26)20(29)17(27)5-10/h1-7,18,21,23-29H,8H2/t18-,21-/m1/s1. The summed E-state index contributed by atoms with van der Waals surface area (Å²) < 4.78 is 11.0. The molecule has 0 aliphatic carbocycles. The Kier molecular flexibility index (Phi) is 5.07. The first-order valence-corrected chi connectivity index (χ1v) is 9.33. The van der Waals surface area contributed by atoms with Crippen LogP contribution in [-0.4, -0.2) is 47.8 Å². The highest BCUT2D eigenvalue weighted by molar-refractivity contribution is 5.92. The Morgan fingerprint density at radius 3 is 2.19 bits per heavy atom. The summed E-state index contributed by atoms with van der Waals surface area (Å²) in [7, 11) is 0. The Hall–Kier alpha value is -4.31. The van der Waals surface area contributed by atoms with Gasteiger partial charge in [0.15, 0.2) is 28.7 Å². The number of hydrogen-bond donors (Lipinski definition) is 7. The topological polar surface area (TPSA) is 177 Å². The van der Waals surface area contributed by atoms with Crippen LogP contribution in [0.5, 0.6) is 46.0 Å². The minimum Gasteiger partial charge on any atom is -0.507 e. The van der Waals surface area contributed by atoms with E-state index in [1.165, 1.54) is 24.3 Å². The van der Waals surface area contributed by atoms with Crippen LogP contribution in [0.3, 0.4) is 0 Å². The van der Waals surface area contributed by atoms with E-state index in [1.54, 1.807) is 0 Å². The third-order valence-electron chi connectivity index (χ3n) is 5.02. The van der Waals surface area contributed by atoms with E-state index in [0.717, 1.165) is 18.2 Å². The highest BCUT2D eigenvalue weighted by Crippen LogP contribution is 2.43. The van der Waals surface area contributed by atoms with Gasteiger partial charge in [0.2, 0.25) is 0 Å². The van der Waals surface area contributed by atoms with Gasteiger partial charge in [-0.05, 0) is 29.8 Å². The van der Waals surface area contributed by atoms with E-state index in [1.807, 2.05) is 0 Å². The predicted octanol–water partition coefficient (Wildman–Crippen LogP) is 2.18. The summed E-state index contributed by atoms with van der Waals surface area (Å²) in [6.07, 6.45) is -2.01. The first kappa shape index (κ1) is 20.9. The average molecular weight is 442 g/mol. The van der Waals surface area contributed by atoms with Crippen LogP contribution in [0.2, 0.25) is 0 Å². The van der Waals surface area contributed by atoms with Crippen LogP contribution < -0.4 is 9.47 Å². The number of aromatic hydroxyl groups is 6. The second kappa shape index (κ2) is 7.75. The minimum absolute atomic E-state index is 0.00139. The van der Waals surface area contributed by atoms with Crippen LogP contribution in [0.15, 0.2) is 42.5 Å². The fourth-order valence-corrected chi connectivity index (χ4v) is 3.40. The molecule has 0 radical (unpaired) electrons. The molecular formula is C22H18O10. The van der Waals surface area contributed by atoms with Crippen molar-refractivity contribution in [3.8, 4) is 46.0 Å². The smallest absolute Gasteiger partial charge is 0.343 e. The molecule has 3 aromatic carbocycles. The molecule has 0 amide bonds. The maximum absolute atomic E-state index is 12.4. The van der Waals surface area contributed by atoms with E-state index >= 15 is 0 Å². The fourth-order valence-electron chi connectivity index (χ4n) is 3.40. The second-order valence-corrected chi connectivity index (χ2v) is 7.23. The third-order valence-corrected chi connectivity index (χ3v) is 5.02. The molecule has 7 N–H and O–H groups in total. The number of fused-ring (bicyclic) bond motifs is 1. The zero-order chi connectivity index (χ0) is 23.2. The number of carbonyl (C=O) groups excluding carboxylic acids is 1. The summed E-state index contributed by atoms with van der Waals surface area (Å²) in [6, 6.07) is 8.19. The van der Waals surface area contributed by atoms with Crippen LogP contribution in [0.1, 0.15) is 27.6 Å². The number of benzene rings is 3. The van der Waals surface area contributed by atoms with Crippen LogP contribution in [0.4, 0.5) is 0 Å². The van der Waals surface area contributed by atoms with Crippen molar-refractivity contribution >= 4 is 5.97 Å². The molecule has 1 heterocycles. The van der Waals surface area contributed by atoms with Crippen LogP contribution in [-0.2, 0) is 6.42 Å². The highest BCUT2D eigenvalue weighted by Gasteiger charge is 2.33. The van der Waals surface area contributed by atoms with Crippen LogP contribution in [0.25, 0.3) is 0 Å².